The summed E-state index contributed by atoms with van der Waals surface area (Å²) in [6.07, 6.45) is 1.92. The summed E-state index contributed by atoms with van der Waals surface area (Å²) in [5.41, 5.74) is 2.33. The number of amides is 2. The quantitative estimate of drug-likeness (QED) is 0.795. The molecule has 2 aliphatic rings. The molecule has 7 nitrogen and oxygen atoms in total. The highest BCUT2D eigenvalue weighted by atomic mass is 32.2. The molecule has 0 spiro atoms. The fourth-order valence-electron chi connectivity index (χ4n) is 4.01. The average Bonchev–Trinajstić information content (AvgIpc) is 3.39. The first-order valence-corrected chi connectivity index (χ1v) is 11.6. The zero-order valence-electron chi connectivity index (χ0n) is 16.9. The molecule has 0 aromatic heterocycles. The Morgan fingerprint density at radius 3 is 2.37 bits per heavy atom. The zero-order valence-corrected chi connectivity index (χ0v) is 17.7. The maximum absolute atomic E-state index is 12.7. The van der Waals surface area contributed by atoms with E-state index < -0.39 is 15.9 Å². The van der Waals surface area contributed by atoms with Crippen molar-refractivity contribution >= 4 is 33.2 Å². The minimum Gasteiger partial charge on any atom is -0.326 e. The summed E-state index contributed by atoms with van der Waals surface area (Å²) in [5, 5.41) is 2.81. The predicted molar refractivity (Wildman–Crippen MR) is 115 cm³/mol. The van der Waals surface area contributed by atoms with Crippen molar-refractivity contribution in [1.29, 1.82) is 0 Å². The van der Waals surface area contributed by atoms with Gasteiger partial charge < -0.3 is 10.2 Å². The molecule has 2 saturated heterocycles. The highest BCUT2D eigenvalue weighted by Gasteiger charge is 2.35. The second-order valence-corrected chi connectivity index (χ2v) is 9.75. The molecule has 1 atom stereocenters. The standard InChI is InChI=1S/C22H25N3O4S/c1-16-6-2-3-7-20(16)25-15-17(14-21(25)26)22(27)23-18-8-10-19(11-9-18)30(28,29)24-12-4-5-13-24/h2-3,6-11,17H,4-5,12-15H2,1H3,(H,23,27)/t17-/m1/s1. The summed E-state index contributed by atoms with van der Waals surface area (Å²) in [7, 11) is -3.48. The molecule has 2 fully saturated rings. The van der Waals surface area contributed by atoms with Crippen LogP contribution in [0.1, 0.15) is 24.8 Å². The van der Waals surface area contributed by atoms with Crippen LogP contribution in [0.25, 0.3) is 0 Å². The number of para-hydroxylation sites is 1. The van der Waals surface area contributed by atoms with Gasteiger partial charge in [0.2, 0.25) is 21.8 Å². The van der Waals surface area contributed by atoms with Crippen molar-refractivity contribution in [2.45, 2.75) is 31.1 Å². The highest BCUT2D eigenvalue weighted by Crippen LogP contribution is 2.29. The van der Waals surface area contributed by atoms with Crippen molar-refractivity contribution in [3.8, 4) is 0 Å². The summed E-state index contributed by atoms with van der Waals surface area (Å²) in [4.78, 5) is 27.0. The molecule has 30 heavy (non-hydrogen) atoms. The van der Waals surface area contributed by atoms with Crippen molar-refractivity contribution in [1.82, 2.24) is 4.31 Å². The smallest absolute Gasteiger partial charge is 0.243 e. The number of rotatable bonds is 5. The predicted octanol–water partition coefficient (Wildman–Crippen LogP) is 2.77. The molecule has 0 saturated carbocycles. The number of hydrogen-bond donors (Lipinski definition) is 1. The van der Waals surface area contributed by atoms with E-state index in [0.29, 0.717) is 25.3 Å². The van der Waals surface area contributed by atoms with Gasteiger partial charge in [-0.3, -0.25) is 9.59 Å². The van der Waals surface area contributed by atoms with Gasteiger partial charge in [-0.15, -0.1) is 0 Å². The lowest BCUT2D eigenvalue weighted by Crippen LogP contribution is -2.29. The molecule has 0 aliphatic carbocycles. The van der Waals surface area contributed by atoms with E-state index in [4.69, 9.17) is 0 Å². The Bertz CT molecular complexity index is 1060. The van der Waals surface area contributed by atoms with E-state index in [1.165, 1.54) is 16.4 Å². The first-order chi connectivity index (χ1) is 14.4. The highest BCUT2D eigenvalue weighted by molar-refractivity contribution is 7.89. The molecule has 2 aliphatic heterocycles. The molecule has 2 aromatic rings. The van der Waals surface area contributed by atoms with E-state index in [-0.39, 0.29) is 23.1 Å². The van der Waals surface area contributed by atoms with Crippen molar-refractivity contribution in [3.05, 3.63) is 54.1 Å². The van der Waals surface area contributed by atoms with E-state index >= 15 is 0 Å². The molecular weight excluding hydrogens is 402 g/mol. The molecule has 2 heterocycles. The van der Waals surface area contributed by atoms with Gasteiger partial charge in [0, 0.05) is 37.4 Å². The number of sulfonamides is 1. The Kier molecular flexibility index (Phi) is 5.62. The second kappa shape index (κ2) is 8.20. The topological polar surface area (TPSA) is 86.8 Å². The fourth-order valence-corrected chi connectivity index (χ4v) is 5.53. The summed E-state index contributed by atoms with van der Waals surface area (Å²) in [6, 6.07) is 13.8. The third kappa shape index (κ3) is 3.97. The van der Waals surface area contributed by atoms with Crippen LogP contribution in [0.5, 0.6) is 0 Å². The largest absolute Gasteiger partial charge is 0.326 e. The molecule has 0 bridgehead atoms. The number of carbonyl (C=O) groups excluding carboxylic acids is 2. The summed E-state index contributed by atoms with van der Waals surface area (Å²) < 4.78 is 26.7. The van der Waals surface area contributed by atoms with Crippen LogP contribution >= 0.6 is 0 Å². The number of aryl methyl sites for hydroxylation is 1. The number of nitrogens with one attached hydrogen (secondary N) is 1. The molecule has 8 heteroatoms. The van der Waals surface area contributed by atoms with Crippen LogP contribution in [0.2, 0.25) is 0 Å². The van der Waals surface area contributed by atoms with Crippen LogP contribution in [-0.2, 0) is 19.6 Å². The Balaban J connectivity index is 1.42. The normalized spacial score (nSPS) is 20.0. The van der Waals surface area contributed by atoms with E-state index in [1.807, 2.05) is 31.2 Å². The van der Waals surface area contributed by atoms with Crippen LogP contribution in [0.4, 0.5) is 11.4 Å². The lowest BCUT2D eigenvalue weighted by molar-refractivity contribution is -0.122. The van der Waals surface area contributed by atoms with Crippen LogP contribution in [-0.4, -0.2) is 44.2 Å². The van der Waals surface area contributed by atoms with Gasteiger partial charge in [0.1, 0.15) is 0 Å². The number of anilines is 2. The number of carbonyl (C=O) groups is 2. The summed E-state index contributed by atoms with van der Waals surface area (Å²) in [5.74, 6) is -0.767. The Hall–Kier alpha value is -2.71. The molecule has 2 amide bonds. The van der Waals surface area contributed by atoms with Crippen LogP contribution < -0.4 is 10.2 Å². The van der Waals surface area contributed by atoms with Gasteiger partial charge in [-0.2, -0.15) is 4.31 Å². The van der Waals surface area contributed by atoms with E-state index in [2.05, 4.69) is 5.32 Å². The van der Waals surface area contributed by atoms with E-state index in [9.17, 15) is 18.0 Å². The molecule has 1 N–H and O–H groups in total. The number of nitrogens with zero attached hydrogens (tertiary/aromatic N) is 2. The molecule has 158 valence electrons. The Morgan fingerprint density at radius 2 is 1.70 bits per heavy atom. The van der Waals surface area contributed by atoms with Gasteiger partial charge in [0.25, 0.3) is 0 Å². The van der Waals surface area contributed by atoms with Gasteiger partial charge in [-0.1, -0.05) is 18.2 Å². The first kappa shape index (κ1) is 20.6. The summed E-state index contributed by atoms with van der Waals surface area (Å²) in [6.45, 7) is 3.37. The van der Waals surface area contributed by atoms with Crippen molar-refractivity contribution < 1.29 is 18.0 Å². The van der Waals surface area contributed by atoms with Gasteiger partial charge in [0.15, 0.2) is 0 Å². The van der Waals surface area contributed by atoms with Crippen molar-refractivity contribution in [2.24, 2.45) is 5.92 Å². The van der Waals surface area contributed by atoms with Gasteiger partial charge in [-0.05, 0) is 55.7 Å². The minimum absolute atomic E-state index is 0.0727. The molecule has 0 unspecified atom stereocenters. The van der Waals surface area contributed by atoms with Crippen molar-refractivity contribution in [3.63, 3.8) is 0 Å². The molecule has 2 aromatic carbocycles. The summed E-state index contributed by atoms with van der Waals surface area (Å²) >= 11 is 0. The minimum atomic E-state index is -3.48. The Morgan fingerprint density at radius 1 is 1.03 bits per heavy atom. The maximum Gasteiger partial charge on any atom is 0.243 e. The fraction of sp³-hybridized carbons (Fsp3) is 0.364. The lowest BCUT2D eigenvalue weighted by Gasteiger charge is -2.19. The lowest BCUT2D eigenvalue weighted by atomic mass is 10.1. The third-order valence-corrected chi connectivity index (χ3v) is 7.64. The third-order valence-electron chi connectivity index (χ3n) is 5.73. The monoisotopic (exact) mass is 427 g/mol. The Labute approximate surface area is 176 Å². The number of hydrogen-bond acceptors (Lipinski definition) is 4. The molecule has 4 rings (SSSR count). The van der Waals surface area contributed by atoms with Crippen LogP contribution in [0, 0.1) is 12.8 Å². The van der Waals surface area contributed by atoms with Gasteiger partial charge in [-0.25, -0.2) is 8.42 Å². The van der Waals surface area contributed by atoms with Gasteiger partial charge >= 0.3 is 0 Å². The molecular formula is C22H25N3O4S. The average molecular weight is 428 g/mol. The van der Waals surface area contributed by atoms with Crippen LogP contribution in [0.3, 0.4) is 0 Å². The first-order valence-electron chi connectivity index (χ1n) is 10.1. The van der Waals surface area contributed by atoms with E-state index in [1.54, 1.807) is 17.0 Å². The second-order valence-electron chi connectivity index (χ2n) is 7.82. The van der Waals surface area contributed by atoms with Crippen molar-refractivity contribution in [2.75, 3.05) is 29.9 Å². The zero-order chi connectivity index (χ0) is 21.3. The van der Waals surface area contributed by atoms with Crippen LogP contribution in [0.15, 0.2) is 53.4 Å². The number of benzene rings is 2. The maximum atomic E-state index is 12.7. The SMILES string of the molecule is Cc1ccccc1N1C[C@H](C(=O)Nc2ccc(S(=O)(=O)N3CCCC3)cc2)CC1=O. The van der Waals surface area contributed by atoms with E-state index in [0.717, 1.165) is 24.1 Å². The van der Waals surface area contributed by atoms with Gasteiger partial charge in [0.05, 0.1) is 10.8 Å². The molecule has 0 radical (unpaired) electrons.